The Balaban J connectivity index is 1.42. The second kappa shape index (κ2) is 6.09. The van der Waals surface area contributed by atoms with E-state index in [-0.39, 0.29) is 11.9 Å². The van der Waals surface area contributed by atoms with Crippen molar-refractivity contribution >= 4 is 23.3 Å². The largest absolute Gasteiger partial charge is 0.324 e. The zero-order chi connectivity index (χ0) is 16.7. The minimum absolute atomic E-state index is 0.0196. The first-order chi connectivity index (χ1) is 11.6. The molecule has 24 heavy (non-hydrogen) atoms. The van der Waals surface area contributed by atoms with Crippen LogP contribution in [-0.4, -0.2) is 49.6 Å². The fourth-order valence-electron chi connectivity index (χ4n) is 4.16. The van der Waals surface area contributed by atoms with Crippen LogP contribution < -0.4 is 15.5 Å². The molecule has 0 aromatic heterocycles. The summed E-state index contributed by atoms with van der Waals surface area (Å²) < 4.78 is 0. The average Bonchev–Trinajstić information content (AvgIpc) is 3.23. The highest BCUT2D eigenvalue weighted by Crippen LogP contribution is 2.29. The molecule has 0 spiro atoms. The fraction of sp³-hybridized carbons (Fsp3) is 0.556. The Morgan fingerprint density at radius 3 is 2.62 bits per heavy atom. The molecule has 0 radical (unpaired) electrons. The van der Waals surface area contributed by atoms with Crippen LogP contribution in [0.1, 0.15) is 18.4 Å². The molecule has 0 saturated carbocycles. The molecular weight excluding hydrogens is 304 g/mol. The van der Waals surface area contributed by atoms with Gasteiger partial charge in [0.2, 0.25) is 5.91 Å². The molecule has 3 aliphatic heterocycles. The third kappa shape index (κ3) is 2.75. The van der Waals surface area contributed by atoms with Crippen molar-refractivity contribution in [3.8, 4) is 0 Å². The standard InChI is InChI=1S/C18H24N4O2/c1-12-7-15(4-5-16(12)22-6-2-3-17(22)23)20-18(24)21-10-13-8-19-9-14(13)11-21/h4-5,7,13-14,19H,2-3,6,8-11H2,1H3,(H,20,24). The van der Waals surface area contributed by atoms with Gasteiger partial charge in [0.15, 0.2) is 0 Å². The van der Waals surface area contributed by atoms with Crippen LogP contribution in [0.3, 0.4) is 0 Å². The maximum absolute atomic E-state index is 12.5. The van der Waals surface area contributed by atoms with Gasteiger partial charge in [0.05, 0.1) is 0 Å². The van der Waals surface area contributed by atoms with Gasteiger partial charge >= 0.3 is 6.03 Å². The van der Waals surface area contributed by atoms with Crippen molar-refractivity contribution < 1.29 is 9.59 Å². The molecule has 3 aliphatic rings. The minimum atomic E-state index is -0.0196. The summed E-state index contributed by atoms with van der Waals surface area (Å²) in [6.07, 6.45) is 1.55. The molecule has 4 rings (SSSR count). The second-order valence-electron chi connectivity index (χ2n) is 7.16. The summed E-state index contributed by atoms with van der Waals surface area (Å²) in [5, 5.41) is 6.39. The second-order valence-corrected chi connectivity index (χ2v) is 7.16. The number of rotatable bonds is 2. The highest BCUT2D eigenvalue weighted by Gasteiger charge is 2.38. The van der Waals surface area contributed by atoms with E-state index in [1.165, 1.54) is 0 Å². The Morgan fingerprint density at radius 2 is 2.00 bits per heavy atom. The van der Waals surface area contributed by atoms with E-state index < -0.39 is 0 Å². The SMILES string of the molecule is Cc1cc(NC(=O)N2CC3CNCC3C2)ccc1N1CCCC1=O. The molecule has 0 aliphatic carbocycles. The average molecular weight is 328 g/mol. The Morgan fingerprint density at radius 1 is 1.25 bits per heavy atom. The topological polar surface area (TPSA) is 64.7 Å². The normalized spacial score (nSPS) is 26.1. The Labute approximate surface area is 142 Å². The van der Waals surface area contributed by atoms with E-state index in [2.05, 4.69) is 10.6 Å². The number of fused-ring (bicyclic) bond motifs is 1. The van der Waals surface area contributed by atoms with Gasteiger partial charge in [-0.2, -0.15) is 0 Å². The van der Waals surface area contributed by atoms with Crippen molar-refractivity contribution in [2.45, 2.75) is 19.8 Å². The molecule has 2 N–H and O–H groups in total. The first kappa shape index (κ1) is 15.4. The summed E-state index contributed by atoms with van der Waals surface area (Å²) in [5.41, 5.74) is 2.77. The van der Waals surface area contributed by atoms with Crippen LogP contribution in [0.5, 0.6) is 0 Å². The van der Waals surface area contributed by atoms with Crippen LogP contribution in [0.4, 0.5) is 16.2 Å². The van der Waals surface area contributed by atoms with Gasteiger partial charge in [0, 0.05) is 50.5 Å². The lowest BCUT2D eigenvalue weighted by Crippen LogP contribution is -2.35. The van der Waals surface area contributed by atoms with Crippen molar-refractivity contribution in [1.82, 2.24) is 10.2 Å². The summed E-state index contributed by atoms with van der Waals surface area (Å²) in [4.78, 5) is 28.1. The minimum Gasteiger partial charge on any atom is -0.324 e. The molecule has 2 unspecified atom stereocenters. The van der Waals surface area contributed by atoms with E-state index >= 15 is 0 Å². The number of carbonyl (C=O) groups excluding carboxylic acids is 2. The van der Waals surface area contributed by atoms with E-state index in [4.69, 9.17) is 0 Å². The number of hydrogen-bond donors (Lipinski definition) is 2. The van der Waals surface area contributed by atoms with Crippen LogP contribution in [0.25, 0.3) is 0 Å². The number of nitrogens with zero attached hydrogens (tertiary/aromatic N) is 2. The maximum atomic E-state index is 12.5. The van der Waals surface area contributed by atoms with E-state index in [0.717, 1.165) is 56.1 Å². The molecule has 3 amide bonds. The zero-order valence-electron chi connectivity index (χ0n) is 14.0. The van der Waals surface area contributed by atoms with Crippen LogP contribution >= 0.6 is 0 Å². The number of carbonyl (C=O) groups is 2. The van der Waals surface area contributed by atoms with Gasteiger partial charge in [0.1, 0.15) is 0 Å². The summed E-state index contributed by atoms with van der Waals surface area (Å²) >= 11 is 0. The van der Waals surface area contributed by atoms with Gasteiger partial charge in [-0.25, -0.2) is 4.79 Å². The number of likely N-dealkylation sites (tertiary alicyclic amines) is 1. The van der Waals surface area contributed by atoms with Crippen LogP contribution in [0, 0.1) is 18.8 Å². The molecule has 0 bridgehead atoms. The van der Waals surface area contributed by atoms with Gasteiger partial charge in [0.25, 0.3) is 0 Å². The maximum Gasteiger partial charge on any atom is 0.321 e. The van der Waals surface area contributed by atoms with Crippen LogP contribution in [0.15, 0.2) is 18.2 Å². The van der Waals surface area contributed by atoms with Gasteiger partial charge in [-0.1, -0.05) is 0 Å². The Hall–Kier alpha value is -2.08. The van der Waals surface area contributed by atoms with E-state index in [1.807, 2.05) is 34.9 Å². The fourth-order valence-corrected chi connectivity index (χ4v) is 4.16. The predicted octanol–water partition coefficient (Wildman–Crippen LogP) is 1.80. The zero-order valence-corrected chi connectivity index (χ0v) is 14.0. The van der Waals surface area contributed by atoms with Crippen LogP contribution in [-0.2, 0) is 4.79 Å². The van der Waals surface area contributed by atoms with Crippen molar-refractivity contribution in [1.29, 1.82) is 0 Å². The number of anilines is 2. The quantitative estimate of drug-likeness (QED) is 0.870. The Kier molecular flexibility index (Phi) is 3.92. The van der Waals surface area contributed by atoms with Crippen LogP contribution in [0.2, 0.25) is 0 Å². The molecule has 3 fully saturated rings. The Bertz CT molecular complexity index is 663. The highest BCUT2D eigenvalue weighted by atomic mass is 16.2. The molecule has 6 heteroatoms. The van der Waals surface area contributed by atoms with E-state index in [1.54, 1.807) is 0 Å². The lowest BCUT2D eigenvalue weighted by atomic mass is 10.0. The lowest BCUT2D eigenvalue weighted by Gasteiger charge is -2.21. The number of benzene rings is 1. The summed E-state index contributed by atoms with van der Waals surface area (Å²) in [6, 6.07) is 5.77. The first-order valence-corrected chi connectivity index (χ1v) is 8.79. The number of urea groups is 1. The summed E-state index contributed by atoms with van der Waals surface area (Å²) in [5.74, 6) is 1.38. The van der Waals surface area contributed by atoms with Crippen molar-refractivity contribution in [2.75, 3.05) is 42.9 Å². The molecule has 3 heterocycles. The molecule has 1 aromatic carbocycles. The van der Waals surface area contributed by atoms with E-state index in [9.17, 15) is 9.59 Å². The van der Waals surface area contributed by atoms with E-state index in [0.29, 0.717) is 18.3 Å². The molecule has 128 valence electrons. The molecule has 6 nitrogen and oxygen atoms in total. The third-order valence-corrected chi connectivity index (χ3v) is 5.49. The van der Waals surface area contributed by atoms with Crippen molar-refractivity contribution in [3.05, 3.63) is 23.8 Å². The van der Waals surface area contributed by atoms with Crippen molar-refractivity contribution in [2.24, 2.45) is 11.8 Å². The lowest BCUT2D eigenvalue weighted by molar-refractivity contribution is -0.117. The molecular formula is C18H24N4O2. The van der Waals surface area contributed by atoms with Gasteiger partial charge in [-0.3, -0.25) is 4.79 Å². The molecule has 2 atom stereocenters. The number of nitrogens with one attached hydrogen (secondary N) is 2. The summed E-state index contributed by atoms with van der Waals surface area (Å²) in [6.45, 7) is 6.49. The third-order valence-electron chi connectivity index (χ3n) is 5.49. The molecule has 3 saturated heterocycles. The van der Waals surface area contributed by atoms with Gasteiger partial charge < -0.3 is 20.4 Å². The molecule has 1 aromatic rings. The first-order valence-electron chi connectivity index (χ1n) is 8.79. The highest BCUT2D eigenvalue weighted by molar-refractivity contribution is 5.97. The predicted molar refractivity (Wildman–Crippen MR) is 93.2 cm³/mol. The monoisotopic (exact) mass is 328 g/mol. The number of amides is 3. The number of hydrogen-bond acceptors (Lipinski definition) is 3. The smallest absolute Gasteiger partial charge is 0.321 e. The van der Waals surface area contributed by atoms with Gasteiger partial charge in [-0.15, -0.1) is 0 Å². The van der Waals surface area contributed by atoms with Gasteiger partial charge in [-0.05, 0) is 48.9 Å². The van der Waals surface area contributed by atoms with Crippen molar-refractivity contribution in [3.63, 3.8) is 0 Å². The summed E-state index contributed by atoms with van der Waals surface area (Å²) in [7, 11) is 0. The number of aryl methyl sites for hydroxylation is 1.